The smallest absolute Gasteiger partial charge is 0.306 e. The number of carbonyl (C=O) groups is 2. The number of hydrogen-bond donors (Lipinski definition) is 3. The van der Waals surface area contributed by atoms with Crippen molar-refractivity contribution >= 4 is 11.9 Å². The number of carbonyl (C=O) groups excluding carboxylic acids is 2. The Bertz CT molecular complexity index is 941. The van der Waals surface area contributed by atoms with E-state index >= 15 is 0 Å². The molecule has 314 valence electrons. The Hall–Kier alpha value is -2.18. The molecule has 0 aliphatic heterocycles. The molecule has 0 aromatic heterocycles. The van der Waals surface area contributed by atoms with Crippen LogP contribution in [0, 0.1) is 0 Å². The zero-order chi connectivity index (χ0) is 39.6. The minimum atomic E-state index is -0.788. The fourth-order valence-electron chi connectivity index (χ4n) is 6.65. The molecule has 0 spiro atoms. The van der Waals surface area contributed by atoms with E-state index in [-0.39, 0.29) is 24.9 Å². The van der Waals surface area contributed by atoms with E-state index in [2.05, 4.69) is 74.7 Å². The number of rotatable bonds is 40. The molecule has 0 aliphatic carbocycles. The summed E-state index contributed by atoms with van der Waals surface area (Å²) < 4.78 is 5.86. The van der Waals surface area contributed by atoms with Crippen LogP contribution in [0.2, 0.25) is 0 Å². The lowest BCUT2D eigenvalue weighted by molar-refractivity contribution is -0.151. The van der Waals surface area contributed by atoms with Crippen LogP contribution in [0.5, 0.6) is 0 Å². The highest BCUT2D eigenvalue weighted by Crippen LogP contribution is 2.17. The van der Waals surface area contributed by atoms with Crippen molar-refractivity contribution in [3.63, 3.8) is 0 Å². The average Bonchev–Trinajstić information content (AvgIpc) is 3.16. The summed E-state index contributed by atoms with van der Waals surface area (Å²) in [7, 11) is 0. The molecule has 0 aromatic carbocycles. The van der Waals surface area contributed by atoms with Crippen molar-refractivity contribution in [2.24, 2.45) is 0 Å². The second kappa shape index (κ2) is 42.0. The molecule has 0 rings (SSSR count). The van der Waals surface area contributed by atoms with Gasteiger partial charge >= 0.3 is 5.97 Å². The van der Waals surface area contributed by atoms with E-state index in [0.29, 0.717) is 19.3 Å². The van der Waals surface area contributed by atoms with Crippen LogP contribution in [0.3, 0.4) is 0 Å². The molecule has 0 saturated carbocycles. The zero-order valence-corrected chi connectivity index (χ0v) is 35.6. The highest BCUT2D eigenvalue weighted by molar-refractivity contribution is 5.77. The molecule has 0 radical (unpaired) electrons. The summed E-state index contributed by atoms with van der Waals surface area (Å²) in [5.41, 5.74) is 0. The van der Waals surface area contributed by atoms with E-state index in [1.54, 1.807) is 0 Å². The van der Waals surface area contributed by atoms with Crippen LogP contribution in [0.4, 0.5) is 0 Å². The normalized spacial score (nSPS) is 13.8. The van der Waals surface area contributed by atoms with Crippen molar-refractivity contribution in [3.8, 4) is 0 Å². The van der Waals surface area contributed by atoms with Gasteiger partial charge in [0.25, 0.3) is 0 Å². The van der Waals surface area contributed by atoms with E-state index in [4.69, 9.17) is 4.74 Å². The Labute approximate surface area is 334 Å². The lowest BCUT2D eigenvalue weighted by Gasteiger charge is -2.24. The molecule has 6 nitrogen and oxygen atoms in total. The van der Waals surface area contributed by atoms with Gasteiger partial charge in [-0.25, -0.2) is 0 Å². The van der Waals surface area contributed by atoms with E-state index in [0.717, 1.165) is 83.5 Å². The van der Waals surface area contributed by atoms with Gasteiger partial charge in [-0.15, -0.1) is 0 Å². The monoisotopic (exact) mass is 758 g/mol. The number of aliphatic hydroxyl groups excluding tert-OH is 2. The molecule has 3 unspecified atom stereocenters. The molecular weight excluding hydrogens is 671 g/mol. The summed E-state index contributed by atoms with van der Waals surface area (Å²) >= 11 is 0. The topological polar surface area (TPSA) is 95.9 Å². The fraction of sp³-hybridized carbons (Fsp3) is 0.792. The van der Waals surface area contributed by atoms with Crippen molar-refractivity contribution in [3.05, 3.63) is 48.6 Å². The Balaban J connectivity index is 4.47. The number of aliphatic hydroxyl groups is 2. The summed E-state index contributed by atoms with van der Waals surface area (Å²) in [6, 6.07) is -0.703. The summed E-state index contributed by atoms with van der Waals surface area (Å²) in [5, 5.41) is 23.5. The molecule has 0 saturated heterocycles. The Kier molecular flexibility index (Phi) is 40.3. The maximum Gasteiger partial charge on any atom is 0.306 e. The van der Waals surface area contributed by atoms with Crippen LogP contribution in [0.15, 0.2) is 48.6 Å². The Morgan fingerprint density at radius 1 is 0.537 bits per heavy atom. The lowest BCUT2D eigenvalue weighted by atomic mass is 10.0. The quantitative estimate of drug-likeness (QED) is 0.0329. The SMILES string of the molecule is CCCCC/C=C\C/C=C\C/C=C\C/C=C\CCCCCC(=O)OC(CCCCCCCCC)CC(=O)NC(CO)C(O)CCCCCCCCCCC. The Morgan fingerprint density at radius 2 is 0.944 bits per heavy atom. The predicted molar refractivity (Wildman–Crippen MR) is 232 cm³/mol. The molecule has 0 fully saturated rings. The standard InChI is InChI=1S/C48H87NO5/c1-4-7-10-13-16-18-19-20-21-22-23-24-25-26-27-29-32-35-38-41-48(53)54-44(39-36-33-30-15-12-9-6-3)42-47(52)49-45(43-50)46(51)40-37-34-31-28-17-14-11-8-5-2/h16,18,20-21,23-24,26-27,44-46,50-51H,4-15,17,19,22,25,28-43H2,1-3H3,(H,49,52)/b18-16-,21-20-,24-23-,27-26-. The average molecular weight is 758 g/mol. The number of nitrogens with one attached hydrogen (secondary N) is 1. The largest absolute Gasteiger partial charge is 0.462 e. The summed E-state index contributed by atoms with van der Waals surface area (Å²) in [6.45, 7) is 6.38. The van der Waals surface area contributed by atoms with Gasteiger partial charge in [0.2, 0.25) is 5.91 Å². The molecule has 0 aromatic rings. The maximum atomic E-state index is 13.0. The number of esters is 1. The van der Waals surface area contributed by atoms with Crippen LogP contribution in [0.1, 0.15) is 220 Å². The highest BCUT2D eigenvalue weighted by Gasteiger charge is 2.24. The number of ether oxygens (including phenoxy) is 1. The minimum Gasteiger partial charge on any atom is -0.462 e. The van der Waals surface area contributed by atoms with Crippen molar-refractivity contribution in [2.45, 2.75) is 238 Å². The van der Waals surface area contributed by atoms with Gasteiger partial charge in [-0.3, -0.25) is 9.59 Å². The van der Waals surface area contributed by atoms with E-state index in [9.17, 15) is 19.8 Å². The highest BCUT2D eigenvalue weighted by atomic mass is 16.5. The van der Waals surface area contributed by atoms with Crippen LogP contribution in [-0.2, 0) is 14.3 Å². The maximum absolute atomic E-state index is 13.0. The molecule has 0 heterocycles. The van der Waals surface area contributed by atoms with Gasteiger partial charge in [-0.05, 0) is 70.6 Å². The van der Waals surface area contributed by atoms with Gasteiger partial charge in [0.05, 0.1) is 25.2 Å². The van der Waals surface area contributed by atoms with E-state index < -0.39 is 18.2 Å². The number of hydrogen-bond acceptors (Lipinski definition) is 5. The fourth-order valence-corrected chi connectivity index (χ4v) is 6.65. The molecule has 3 atom stereocenters. The van der Waals surface area contributed by atoms with Crippen molar-refractivity contribution in [1.29, 1.82) is 0 Å². The van der Waals surface area contributed by atoms with Gasteiger partial charge in [0.1, 0.15) is 6.10 Å². The van der Waals surface area contributed by atoms with Crippen molar-refractivity contribution in [2.75, 3.05) is 6.61 Å². The van der Waals surface area contributed by atoms with Gasteiger partial charge in [0, 0.05) is 6.42 Å². The molecule has 1 amide bonds. The third-order valence-electron chi connectivity index (χ3n) is 10.2. The van der Waals surface area contributed by atoms with E-state index in [1.165, 1.54) is 89.9 Å². The first kappa shape index (κ1) is 51.8. The predicted octanol–water partition coefficient (Wildman–Crippen LogP) is 13.1. The minimum absolute atomic E-state index is 0.0644. The van der Waals surface area contributed by atoms with Crippen molar-refractivity contribution in [1.82, 2.24) is 5.32 Å². The van der Waals surface area contributed by atoms with Crippen LogP contribution in [-0.4, -0.2) is 46.9 Å². The third-order valence-corrected chi connectivity index (χ3v) is 10.2. The molecule has 3 N–H and O–H groups in total. The summed E-state index contributed by atoms with van der Waals surface area (Å²) in [4.78, 5) is 25.8. The van der Waals surface area contributed by atoms with Gasteiger partial charge in [-0.2, -0.15) is 0 Å². The molecular formula is C48H87NO5. The Morgan fingerprint density at radius 3 is 1.44 bits per heavy atom. The van der Waals surface area contributed by atoms with Gasteiger partial charge < -0.3 is 20.3 Å². The molecule has 0 bridgehead atoms. The molecule has 0 aliphatic rings. The van der Waals surface area contributed by atoms with Crippen LogP contribution in [0.25, 0.3) is 0 Å². The first-order valence-electron chi connectivity index (χ1n) is 22.9. The van der Waals surface area contributed by atoms with Crippen LogP contribution < -0.4 is 5.32 Å². The number of allylic oxidation sites excluding steroid dienone is 8. The number of unbranched alkanes of at least 4 members (excludes halogenated alkanes) is 20. The molecule has 54 heavy (non-hydrogen) atoms. The summed E-state index contributed by atoms with van der Waals surface area (Å²) in [5.74, 6) is -0.516. The van der Waals surface area contributed by atoms with Crippen LogP contribution >= 0.6 is 0 Å². The number of amides is 1. The first-order chi connectivity index (χ1) is 26.5. The van der Waals surface area contributed by atoms with Crippen molar-refractivity contribution < 1.29 is 24.5 Å². The second-order valence-electron chi connectivity index (χ2n) is 15.5. The first-order valence-corrected chi connectivity index (χ1v) is 22.9. The second-order valence-corrected chi connectivity index (χ2v) is 15.5. The molecule has 6 heteroatoms. The summed E-state index contributed by atoms with van der Waals surface area (Å²) in [6.07, 6.45) is 49.0. The third kappa shape index (κ3) is 36.8. The lowest BCUT2D eigenvalue weighted by Crippen LogP contribution is -2.46. The van der Waals surface area contributed by atoms with E-state index in [1.807, 2.05) is 0 Å². The zero-order valence-electron chi connectivity index (χ0n) is 35.6. The van der Waals surface area contributed by atoms with Gasteiger partial charge in [-0.1, -0.05) is 185 Å². The van der Waals surface area contributed by atoms with Gasteiger partial charge in [0.15, 0.2) is 0 Å².